The largest absolute Gasteiger partial charge is 0.481 e. The Kier molecular flexibility index (Phi) is 6.56. The van der Waals surface area contributed by atoms with Gasteiger partial charge in [-0.15, -0.1) is 0 Å². The second kappa shape index (κ2) is 8.65. The second-order valence-electron chi connectivity index (χ2n) is 7.46. The number of carbonyl (C=O) groups is 2. The SMILES string of the molecule is CC(C)(C)OC(=O)C(Cc1ccccc1)C(Cc1ccccc1)C(=O)O. The quantitative estimate of drug-likeness (QED) is 0.759. The van der Waals surface area contributed by atoms with Crippen LogP contribution < -0.4 is 0 Å². The Labute approximate surface area is 154 Å². The number of esters is 1. The predicted octanol–water partition coefficient (Wildman–Crippen LogP) is 4.13. The number of hydrogen-bond acceptors (Lipinski definition) is 3. The first-order valence-electron chi connectivity index (χ1n) is 8.80. The Morgan fingerprint density at radius 2 is 1.27 bits per heavy atom. The third kappa shape index (κ3) is 6.03. The monoisotopic (exact) mass is 354 g/mol. The second-order valence-corrected chi connectivity index (χ2v) is 7.46. The van der Waals surface area contributed by atoms with Crippen LogP contribution in [0.25, 0.3) is 0 Å². The van der Waals surface area contributed by atoms with Crippen molar-refractivity contribution < 1.29 is 19.4 Å². The molecule has 0 saturated carbocycles. The zero-order chi connectivity index (χ0) is 19.2. The maximum Gasteiger partial charge on any atom is 0.310 e. The van der Waals surface area contributed by atoms with Gasteiger partial charge in [-0.1, -0.05) is 60.7 Å². The molecule has 2 aromatic rings. The number of carboxylic acids is 1. The molecule has 0 spiro atoms. The van der Waals surface area contributed by atoms with Crippen molar-refractivity contribution in [2.75, 3.05) is 0 Å². The molecular formula is C22H26O4. The highest BCUT2D eigenvalue weighted by Gasteiger charge is 2.36. The van der Waals surface area contributed by atoms with E-state index in [0.717, 1.165) is 11.1 Å². The van der Waals surface area contributed by atoms with Gasteiger partial charge in [-0.3, -0.25) is 9.59 Å². The molecule has 4 nitrogen and oxygen atoms in total. The number of hydrogen-bond donors (Lipinski definition) is 1. The first-order chi connectivity index (χ1) is 12.3. The van der Waals surface area contributed by atoms with Crippen LogP contribution in [0.1, 0.15) is 31.9 Å². The van der Waals surface area contributed by atoms with Crippen LogP contribution in [-0.2, 0) is 27.2 Å². The van der Waals surface area contributed by atoms with Gasteiger partial charge in [0.2, 0.25) is 0 Å². The van der Waals surface area contributed by atoms with Crippen molar-refractivity contribution in [3.8, 4) is 0 Å². The summed E-state index contributed by atoms with van der Waals surface area (Å²) in [4.78, 5) is 24.8. The normalized spacial score (nSPS) is 13.7. The molecular weight excluding hydrogens is 328 g/mol. The van der Waals surface area contributed by atoms with Crippen LogP contribution in [-0.4, -0.2) is 22.6 Å². The molecule has 0 aromatic heterocycles. The fraction of sp³-hybridized carbons (Fsp3) is 0.364. The van der Waals surface area contributed by atoms with Crippen LogP contribution in [0, 0.1) is 11.8 Å². The van der Waals surface area contributed by atoms with E-state index in [1.807, 2.05) is 60.7 Å². The molecule has 0 aliphatic carbocycles. The lowest BCUT2D eigenvalue weighted by Crippen LogP contribution is -2.37. The summed E-state index contributed by atoms with van der Waals surface area (Å²) < 4.78 is 5.54. The summed E-state index contributed by atoms with van der Waals surface area (Å²) in [6.45, 7) is 5.37. The van der Waals surface area contributed by atoms with E-state index in [0.29, 0.717) is 6.42 Å². The van der Waals surface area contributed by atoms with Crippen molar-refractivity contribution >= 4 is 11.9 Å². The molecule has 0 bridgehead atoms. The van der Waals surface area contributed by atoms with Gasteiger partial charge in [0.1, 0.15) is 5.60 Å². The van der Waals surface area contributed by atoms with Gasteiger partial charge in [0.15, 0.2) is 0 Å². The molecule has 2 unspecified atom stereocenters. The van der Waals surface area contributed by atoms with Crippen LogP contribution in [0.15, 0.2) is 60.7 Å². The molecule has 138 valence electrons. The zero-order valence-corrected chi connectivity index (χ0v) is 15.5. The molecule has 26 heavy (non-hydrogen) atoms. The van der Waals surface area contributed by atoms with E-state index < -0.39 is 29.4 Å². The Morgan fingerprint density at radius 3 is 1.65 bits per heavy atom. The third-order valence-corrected chi connectivity index (χ3v) is 4.11. The van der Waals surface area contributed by atoms with Gasteiger partial charge in [0, 0.05) is 0 Å². The van der Waals surface area contributed by atoms with E-state index in [2.05, 4.69) is 0 Å². The average Bonchev–Trinajstić information content (AvgIpc) is 2.58. The van der Waals surface area contributed by atoms with E-state index in [1.54, 1.807) is 20.8 Å². The van der Waals surface area contributed by atoms with Gasteiger partial charge >= 0.3 is 11.9 Å². The van der Waals surface area contributed by atoms with Gasteiger partial charge < -0.3 is 9.84 Å². The van der Waals surface area contributed by atoms with Crippen LogP contribution in [0.4, 0.5) is 0 Å². The summed E-state index contributed by atoms with van der Waals surface area (Å²) in [5, 5.41) is 9.82. The highest BCUT2D eigenvalue weighted by molar-refractivity contribution is 5.82. The Balaban J connectivity index is 2.31. The van der Waals surface area contributed by atoms with E-state index in [1.165, 1.54) is 0 Å². The number of carboxylic acid groups (broad SMARTS) is 1. The lowest BCUT2D eigenvalue weighted by molar-refractivity contribution is -0.166. The van der Waals surface area contributed by atoms with Crippen molar-refractivity contribution in [1.82, 2.24) is 0 Å². The molecule has 4 heteroatoms. The molecule has 0 saturated heterocycles. The lowest BCUT2D eigenvalue weighted by Gasteiger charge is -2.27. The summed E-state index contributed by atoms with van der Waals surface area (Å²) in [5.74, 6) is -3.06. The molecule has 2 rings (SSSR count). The molecule has 0 heterocycles. The molecule has 0 amide bonds. The minimum absolute atomic E-state index is 0.285. The molecule has 0 radical (unpaired) electrons. The van der Waals surface area contributed by atoms with Crippen molar-refractivity contribution in [1.29, 1.82) is 0 Å². The van der Waals surface area contributed by atoms with Crippen LogP contribution in [0.5, 0.6) is 0 Å². The minimum atomic E-state index is -0.986. The fourth-order valence-electron chi connectivity index (χ4n) is 2.91. The maximum absolute atomic E-state index is 12.8. The van der Waals surface area contributed by atoms with Crippen molar-refractivity contribution in [2.24, 2.45) is 11.8 Å². The van der Waals surface area contributed by atoms with Gasteiger partial charge in [-0.05, 0) is 44.7 Å². The highest BCUT2D eigenvalue weighted by Crippen LogP contribution is 2.26. The molecule has 2 aromatic carbocycles. The number of carbonyl (C=O) groups excluding carboxylic acids is 1. The fourth-order valence-corrected chi connectivity index (χ4v) is 2.91. The minimum Gasteiger partial charge on any atom is -0.481 e. The summed E-state index contributed by atoms with van der Waals surface area (Å²) in [7, 11) is 0. The van der Waals surface area contributed by atoms with Gasteiger partial charge in [-0.25, -0.2) is 0 Å². The molecule has 2 atom stereocenters. The molecule has 0 fully saturated rings. The van der Waals surface area contributed by atoms with E-state index in [9.17, 15) is 14.7 Å². The molecule has 1 N–H and O–H groups in total. The predicted molar refractivity (Wildman–Crippen MR) is 101 cm³/mol. The maximum atomic E-state index is 12.8. The Hall–Kier alpha value is -2.62. The first kappa shape index (κ1) is 19.7. The van der Waals surface area contributed by atoms with Crippen LogP contribution in [0.2, 0.25) is 0 Å². The molecule has 0 aliphatic heterocycles. The summed E-state index contributed by atoms with van der Waals surface area (Å²) in [6.07, 6.45) is 0.618. The van der Waals surface area contributed by atoms with E-state index >= 15 is 0 Å². The van der Waals surface area contributed by atoms with Gasteiger partial charge in [-0.2, -0.15) is 0 Å². The average molecular weight is 354 g/mol. The number of aliphatic carboxylic acids is 1. The topological polar surface area (TPSA) is 63.6 Å². The zero-order valence-electron chi connectivity index (χ0n) is 15.5. The van der Waals surface area contributed by atoms with Crippen molar-refractivity contribution in [2.45, 2.75) is 39.2 Å². The standard InChI is InChI=1S/C22H26O4/c1-22(2,3)26-21(25)19(15-17-12-8-5-9-13-17)18(20(23)24)14-16-10-6-4-7-11-16/h4-13,18-19H,14-15H2,1-3H3,(H,23,24). The number of rotatable bonds is 7. The van der Waals surface area contributed by atoms with Crippen LogP contribution >= 0.6 is 0 Å². The number of benzene rings is 2. The van der Waals surface area contributed by atoms with Crippen molar-refractivity contribution in [3.05, 3.63) is 71.8 Å². The summed E-state index contributed by atoms with van der Waals surface area (Å²) in [6, 6.07) is 18.8. The third-order valence-electron chi connectivity index (χ3n) is 4.11. The summed E-state index contributed by atoms with van der Waals surface area (Å²) in [5.41, 5.74) is 1.14. The van der Waals surface area contributed by atoms with Crippen LogP contribution in [0.3, 0.4) is 0 Å². The van der Waals surface area contributed by atoms with E-state index in [-0.39, 0.29) is 6.42 Å². The Morgan fingerprint density at radius 1 is 0.846 bits per heavy atom. The molecule has 0 aliphatic rings. The number of ether oxygens (including phenoxy) is 1. The Bertz CT molecular complexity index is 717. The smallest absolute Gasteiger partial charge is 0.310 e. The van der Waals surface area contributed by atoms with Gasteiger partial charge in [0.25, 0.3) is 0 Å². The highest BCUT2D eigenvalue weighted by atomic mass is 16.6. The van der Waals surface area contributed by atoms with Crippen molar-refractivity contribution in [3.63, 3.8) is 0 Å². The van der Waals surface area contributed by atoms with E-state index in [4.69, 9.17) is 4.74 Å². The lowest BCUT2D eigenvalue weighted by atomic mass is 9.82. The first-order valence-corrected chi connectivity index (χ1v) is 8.80. The summed E-state index contributed by atoms with van der Waals surface area (Å²) >= 11 is 0. The van der Waals surface area contributed by atoms with Gasteiger partial charge in [0.05, 0.1) is 11.8 Å².